The zero-order valence-corrected chi connectivity index (χ0v) is 10.9. The Balaban J connectivity index is 2.14. The minimum absolute atomic E-state index is 0.432. The van der Waals surface area contributed by atoms with Crippen LogP contribution in [0.5, 0.6) is 0 Å². The van der Waals surface area contributed by atoms with Crippen LogP contribution in [0.3, 0.4) is 0 Å². The number of carboxylic acids is 1. The van der Waals surface area contributed by atoms with Crippen molar-refractivity contribution >= 4 is 28.2 Å². The molecular weight excluding hydrogens is 266 g/mol. The van der Waals surface area contributed by atoms with E-state index in [-0.39, 0.29) is 0 Å². The average molecular weight is 279 g/mol. The number of carboxylic acid groups (broad SMARTS) is 1. The van der Waals surface area contributed by atoms with Crippen molar-refractivity contribution in [1.29, 1.82) is 5.26 Å². The number of nitrogens with one attached hydrogen (secondary N) is 1. The SMILES string of the molecule is N#Cc1c(NC(=O)C(N)CC(=O)O)sc2c1CCC2. The third-order valence-corrected chi connectivity index (χ3v) is 4.21. The molecule has 1 aliphatic rings. The molecule has 1 unspecified atom stereocenters. The molecule has 0 bridgehead atoms. The second-order valence-electron chi connectivity index (χ2n) is 4.37. The van der Waals surface area contributed by atoms with Crippen LogP contribution in [0, 0.1) is 11.3 Å². The number of aliphatic carboxylic acids is 1. The van der Waals surface area contributed by atoms with Gasteiger partial charge in [-0.05, 0) is 24.8 Å². The summed E-state index contributed by atoms with van der Waals surface area (Å²) in [5, 5.41) is 20.8. The maximum absolute atomic E-state index is 11.7. The van der Waals surface area contributed by atoms with E-state index in [1.54, 1.807) is 0 Å². The highest BCUT2D eigenvalue weighted by molar-refractivity contribution is 7.16. The topological polar surface area (TPSA) is 116 Å². The Labute approximate surface area is 113 Å². The van der Waals surface area contributed by atoms with Gasteiger partial charge in [-0.1, -0.05) is 0 Å². The predicted molar refractivity (Wildman–Crippen MR) is 69.9 cm³/mol. The minimum Gasteiger partial charge on any atom is -0.481 e. The second-order valence-corrected chi connectivity index (χ2v) is 5.47. The fraction of sp³-hybridized carbons (Fsp3) is 0.417. The molecule has 0 saturated carbocycles. The fourth-order valence-electron chi connectivity index (χ4n) is 2.10. The number of rotatable bonds is 4. The monoisotopic (exact) mass is 279 g/mol. The summed E-state index contributed by atoms with van der Waals surface area (Å²) in [7, 11) is 0. The quantitative estimate of drug-likeness (QED) is 0.755. The third-order valence-electron chi connectivity index (χ3n) is 3.00. The summed E-state index contributed by atoms with van der Waals surface area (Å²) in [6, 6.07) is 0.989. The summed E-state index contributed by atoms with van der Waals surface area (Å²) in [4.78, 5) is 23.4. The number of nitrogens with two attached hydrogens (primary N) is 1. The molecule has 0 spiro atoms. The standard InChI is InChI=1S/C12H13N3O3S/c13-5-7-6-2-1-3-9(6)19-12(7)15-11(18)8(14)4-10(16)17/h8H,1-4,14H2,(H,15,18)(H,16,17). The van der Waals surface area contributed by atoms with Crippen LogP contribution in [0.1, 0.15) is 28.8 Å². The molecule has 6 nitrogen and oxygen atoms in total. The number of nitriles is 1. The van der Waals surface area contributed by atoms with E-state index in [4.69, 9.17) is 16.1 Å². The molecule has 19 heavy (non-hydrogen) atoms. The molecule has 4 N–H and O–H groups in total. The first-order valence-electron chi connectivity index (χ1n) is 5.85. The van der Waals surface area contributed by atoms with Crippen LogP contribution in [-0.4, -0.2) is 23.0 Å². The van der Waals surface area contributed by atoms with Crippen molar-refractivity contribution in [2.75, 3.05) is 5.32 Å². The summed E-state index contributed by atoms with van der Waals surface area (Å²) in [6.45, 7) is 0. The highest BCUT2D eigenvalue weighted by Crippen LogP contribution is 2.38. The van der Waals surface area contributed by atoms with Crippen molar-refractivity contribution in [3.05, 3.63) is 16.0 Å². The Bertz CT molecular complexity index is 574. The maximum atomic E-state index is 11.7. The van der Waals surface area contributed by atoms with Gasteiger partial charge in [0.2, 0.25) is 5.91 Å². The van der Waals surface area contributed by atoms with Gasteiger partial charge < -0.3 is 16.2 Å². The molecule has 0 aromatic carbocycles. The zero-order valence-electron chi connectivity index (χ0n) is 10.1. The smallest absolute Gasteiger partial charge is 0.305 e. The van der Waals surface area contributed by atoms with Crippen LogP contribution >= 0.6 is 11.3 Å². The molecule has 7 heteroatoms. The first kappa shape index (κ1) is 13.5. The van der Waals surface area contributed by atoms with Gasteiger partial charge in [-0.25, -0.2) is 0 Å². The van der Waals surface area contributed by atoms with Gasteiger partial charge in [0.1, 0.15) is 11.1 Å². The Morgan fingerprint density at radius 2 is 2.26 bits per heavy atom. The van der Waals surface area contributed by atoms with Crippen LogP contribution in [0.25, 0.3) is 0 Å². The van der Waals surface area contributed by atoms with Gasteiger partial charge in [0.25, 0.3) is 0 Å². The molecule has 1 aromatic heterocycles. The summed E-state index contributed by atoms with van der Waals surface area (Å²) in [5.74, 6) is -1.70. The van der Waals surface area contributed by atoms with Crippen LogP contribution in [-0.2, 0) is 22.4 Å². The average Bonchev–Trinajstić information content (AvgIpc) is 2.87. The lowest BCUT2D eigenvalue weighted by molar-refractivity contribution is -0.138. The zero-order chi connectivity index (χ0) is 14.0. The number of amides is 1. The van der Waals surface area contributed by atoms with Gasteiger partial charge in [0.15, 0.2) is 0 Å². The van der Waals surface area contributed by atoms with Crippen molar-refractivity contribution in [2.45, 2.75) is 31.7 Å². The van der Waals surface area contributed by atoms with E-state index >= 15 is 0 Å². The Kier molecular flexibility index (Phi) is 3.83. The van der Waals surface area contributed by atoms with Crippen molar-refractivity contribution in [1.82, 2.24) is 0 Å². The molecule has 100 valence electrons. The van der Waals surface area contributed by atoms with Gasteiger partial charge in [0, 0.05) is 4.88 Å². The summed E-state index contributed by atoms with van der Waals surface area (Å²) in [5.41, 5.74) is 6.98. The normalized spacial score (nSPS) is 14.5. The van der Waals surface area contributed by atoms with E-state index < -0.39 is 24.3 Å². The number of anilines is 1. The van der Waals surface area contributed by atoms with E-state index in [2.05, 4.69) is 11.4 Å². The molecular formula is C12H13N3O3S. The van der Waals surface area contributed by atoms with Crippen molar-refractivity contribution in [3.8, 4) is 6.07 Å². The van der Waals surface area contributed by atoms with Gasteiger partial charge in [-0.2, -0.15) is 5.26 Å². The number of hydrogen-bond donors (Lipinski definition) is 3. The predicted octanol–water partition coefficient (Wildman–Crippen LogP) is 0.849. The largest absolute Gasteiger partial charge is 0.481 e. The molecule has 0 aliphatic heterocycles. The number of carbonyl (C=O) groups is 2. The van der Waals surface area contributed by atoms with Crippen LogP contribution < -0.4 is 11.1 Å². The van der Waals surface area contributed by atoms with Crippen LogP contribution in [0.2, 0.25) is 0 Å². The molecule has 1 heterocycles. The van der Waals surface area contributed by atoms with Crippen LogP contribution in [0.4, 0.5) is 5.00 Å². The molecule has 1 amide bonds. The Morgan fingerprint density at radius 1 is 1.53 bits per heavy atom. The summed E-state index contributed by atoms with van der Waals surface area (Å²) < 4.78 is 0. The van der Waals surface area contributed by atoms with E-state index in [0.717, 1.165) is 29.7 Å². The Morgan fingerprint density at radius 3 is 2.89 bits per heavy atom. The fourth-order valence-corrected chi connectivity index (χ4v) is 3.34. The lowest BCUT2D eigenvalue weighted by Crippen LogP contribution is -2.37. The number of hydrogen-bond acceptors (Lipinski definition) is 5. The van der Waals surface area contributed by atoms with E-state index in [0.29, 0.717) is 10.6 Å². The molecule has 0 saturated heterocycles. The summed E-state index contributed by atoms with van der Waals surface area (Å²) in [6.07, 6.45) is 2.37. The summed E-state index contributed by atoms with van der Waals surface area (Å²) >= 11 is 1.38. The number of thiophene rings is 1. The third kappa shape index (κ3) is 2.75. The lowest BCUT2D eigenvalue weighted by Gasteiger charge is -2.09. The van der Waals surface area contributed by atoms with Gasteiger partial charge >= 0.3 is 5.97 Å². The first-order chi connectivity index (χ1) is 9.02. The van der Waals surface area contributed by atoms with E-state index in [1.165, 1.54) is 11.3 Å². The van der Waals surface area contributed by atoms with Crippen molar-refractivity contribution < 1.29 is 14.7 Å². The molecule has 1 atom stereocenters. The number of carbonyl (C=O) groups excluding carboxylic acids is 1. The number of aryl methyl sites for hydroxylation is 1. The highest BCUT2D eigenvalue weighted by Gasteiger charge is 2.25. The van der Waals surface area contributed by atoms with Gasteiger partial charge in [-0.15, -0.1) is 11.3 Å². The number of fused-ring (bicyclic) bond motifs is 1. The van der Waals surface area contributed by atoms with E-state index in [9.17, 15) is 9.59 Å². The van der Waals surface area contributed by atoms with Gasteiger partial charge in [-0.3, -0.25) is 9.59 Å². The Hall–Kier alpha value is -1.91. The van der Waals surface area contributed by atoms with Gasteiger partial charge in [0.05, 0.1) is 18.0 Å². The van der Waals surface area contributed by atoms with Crippen molar-refractivity contribution in [3.63, 3.8) is 0 Å². The lowest BCUT2D eigenvalue weighted by atomic mass is 10.1. The maximum Gasteiger partial charge on any atom is 0.305 e. The van der Waals surface area contributed by atoms with Crippen molar-refractivity contribution in [2.24, 2.45) is 5.73 Å². The molecule has 0 radical (unpaired) electrons. The molecule has 2 rings (SSSR count). The molecule has 1 aliphatic carbocycles. The first-order valence-corrected chi connectivity index (χ1v) is 6.67. The van der Waals surface area contributed by atoms with E-state index in [1.807, 2.05) is 0 Å². The molecule has 1 aromatic rings. The minimum atomic E-state index is -1.13. The second kappa shape index (κ2) is 5.38. The molecule has 0 fully saturated rings. The number of nitrogens with zero attached hydrogens (tertiary/aromatic N) is 1. The van der Waals surface area contributed by atoms with Crippen LogP contribution in [0.15, 0.2) is 0 Å². The highest BCUT2D eigenvalue weighted by atomic mass is 32.1.